The average molecular weight is 240 g/mol. The van der Waals surface area contributed by atoms with Crippen molar-refractivity contribution in [1.82, 2.24) is 10.6 Å². The van der Waals surface area contributed by atoms with Crippen molar-refractivity contribution in [3.8, 4) is 0 Å². The Kier molecular flexibility index (Phi) is 6.56. The zero-order valence-electron chi connectivity index (χ0n) is 11.6. The molecule has 3 heteroatoms. The largest absolute Gasteiger partial charge is 0.353 e. The van der Waals surface area contributed by atoms with E-state index in [4.69, 9.17) is 0 Å². The molecule has 1 aliphatic carbocycles. The van der Waals surface area contributed by atoms with Crippen LogP contribution >= 0.6 is 0 Å². The Balaban J connectivity index is 2.26. The standard InChI is InChI=1S/C14H28N2O/c1-4-11(3)16-14(17)10-15-13-9-7-6-8-12(13)5-2/h11-13,15H,4-10H2,1-3H3,(H,16,17). The number of hydrogen-bond donors (Lipinski definition) is 2. The first-order valence-corrected chi connectivity index (χ1v) is 7.20. The van der Waals surface area contributed by atoms with Crippen LogP contribution in [0.25, 0.3) is 0 Å². The van der Waals surface area contributed by atoms with E-state index in [1.165, 1.54) is 32.1 Å². The zero-order chi connectivity index (χ0) is 12.7. The molecule has 3 nitrogen and oxygen atoms in total. The molecule has 0 spiro atoms. The van der Waals surface area contributed by atoms with Crippen LogP contribution in [0, 0.1) is 5.92 Å². The predicted octanol–water partition coefficient (Wildman–Crippen LogP) is 2.46. The van der Waals surface area contributed by atoms with Crippen LogP contribution in [0.2, 0.25) is 0 Å². The molecule has 17 heavy (non-hydrogen) atoms. The van der Waals surface area contributed by atoms with Crippen LogP contribution in [0.15, 0.2) is 0 Å². The lowest BCUT2D eigenvalue weighted by molar-refractivity contribution is -0.121. The van der Waals surface area contributed by atoms with Gasteiger partial charge < -0.3 is 10.6 Å². The van der Waals surface area contributed by atoms with Crippen molar-refractivity contribution in [1.29, 1.82) is 0 Å². The Labute approximate surface area is 106 Å². The van der Waals surface area contributed by atoms with Gasteiger partial charge in [0.05, 0.1) is 6.54 Å². The lowest BCUT2D eigenvalue weighted by Crippen LogP contribution is -2.45. The van der Waals surface area contributed by atoms with Crippen LogP contribution in [0.5, 0.6) is 0 Å². The molecule has 2 N–H and O–H groups in total. The smallest absolute Gasteiger partial charge is 0.234 e. The molecule has 1 fully saturated rings. The molecule has 1 rings (SSSR count). The van der Waals surface area contributed by atoms with Crippen LogP contribution in [-0.2, 0) is 4.79 Å². The fraction of sp³-hybridized carbons (Fsp3) is 0.929. The van der Waals surface area contributed by atoms with Crippen LogP contribution < -0.4 is 10.6 Å². The molecular formula is C14H28N2O. The van der Waals surface area contributed by atoms with Gasteiger partial charge in [0, 0.05) is 12.1 Å². The maximum absolute atomic E-state index is 11.7. The number of amides is 1. The lowest BCUT2D eigenvalue weighted by Gasteiger charge is -2.31. The number of carbonyl (C=O) groups excluding carboxylic acids is 1. The molecule has 3 atom stereocenters. The maximum atomic E-state index is 11.7. The quantitative estimate of drug-likeness (QED) is 0.749. The molecular weight excluding hydrogens is 212 g/mol. The number of nitrogens with one attached hydrogen (secondary N) is 2. The fourth-order valence-corrected chi connectivity index (χ4v) is 2.62. The van der Waals surface area contributed by atoms with E-state index in [1.54, 1.807) is 0 Å². The third kappa shape index (κ3) is 5.07. The Bertz CT molecular complexity index is 230. The highest BCUT2D eigenvalue weighted by Crippen LogP contribution is 2.26. The normalized spacial score (nSPS) is 26.5. The van der Waals surface area contributed by atoms with Crippen molar-refractivity contribution in [2.75, 3.05) is 6.54 Å². The van der Waals surface area contributed by atoms with Crippen molar-refractivity contribution >= 4 is 5.91 Å². The second-order valence-electron chi connectivity index (χ2n) is 5.32. The molecule has 0 heterocycles. The van der Waals surface area contributed by atoms with E-state index >= 15 is 0 Å². The summed E-state index contributed by atoms with van der Waals surface area (Å²) in [6.07, 6.45) is 7.44. The van der Waals surface area contributed by atoms with Gasteiger partial charge in [-0.25, -0.2) is 0 Å². The van der Waals surface area contributed by atoms with Gasteiger partial charge >= 0.3 is 0 Å². The highest BCUT2D eigenvalue weighted by atomic mass is 16.1. The third-order valence-electron chi connectivity index (χ3n) is 3.98. The molecule has 0 bridgehead atoms. The molecule has 100 valence electrons. The third-order valence-corrected chi connectivity index (χ3v) is 3.98. The van der Waals surface area contributed by atoms with Gasteiger partial charge in [-0.1, -0.05) is 33.1 Å². The molecule has 1 amide bonds. The first kappa shape index (κ1) is 14.5. The maximum Gasteiger partial charge on any atom is 0.234 e. The molecule has 0 aromatic heterocycles. The summed E-state index contributed by atoms with van der Waals surface area (Å²) < 4.78 is 0. The summed E-state index contributed by atoms with van der Waals surface area (Å²) in [4.78, 5) is 11.7. The first-order valence-electron chi connectivity index (χ1n) is 7.20. The number of carbonyl (C=O) groups is 1. The monoisotopic (exact) mass is 240 g/mol. The van der Waals surface area contributed by atoms with Gasteiger partial charge in [-0.3, -0.25) is 4.79 Å². The van der Waals surface area contributed by atoms with Crippen molar-refractivity contribution in [3.05, 3.63) is 0 Å². The molecule has 1 aliphatic rings. The Morgan fingerprint density at radius 3 is 2.65 bits per heavy atom. The van der Waals surface area contributed by atoms with Crippen molar-refractivity contribution < 1.29 is 4.79 Å². The van der Waals surface area contributed by atoms with E-state index in [2.05, 4.69) is 24.5 Å². The van der Waals surface area contributed by atoms with Gasteiger partial charge in [-0.05, 0) is 32.1 Å². The van der Waals surface area contributed by atoms with Gasteiger partial charge in [-0.2, -0.15) is 0 Å². The van der Waals surface area contributed by atoms with Crippen molar-refractivity contribution in [3.63, 3.8) is 0 Å². The molecule has 0 radical (unpaired) electrons. The van der Waals surface area contributed by atoms with Gasteiger partial charge in [0.25, 0.3) is 0 Å². The minimum Gasteiger partial charge on any atom is -0.353 e. The van der Waals surface area contributed by atoms with Gasteiger partial charge in [-0.15, -0.1) is 0 Å². The summed E-state index contributed by atoms with van der Waals surface area (Å²) >= 11 is 0. The van der Waals surface area contributed by atoms with E-state index in [-0.39, 0.29) is 11.9 Å². The predicted molar refractivity (Wildman–Crippen MR) is 71.9 cm³/mol. The highest BCUT2D eigenvalue weighted by molar-refractivity contribution is 5.78. The average Bonchev–Trinajstić information content (AvgIpc) is 2.36. The Morgan fingerprint density at radius 2 is 2.00 bits per heavy atom. The van der Waals surface area contributed by atoms with E-state index in [0.29, 0.717) is 12.6 Å². The van der Waals surface area contributed by atoms with E-state index in [1.807, 2.05) is 6.92 Å². The van der Waals surface area contributed by atoms with Crippen LogP contribution in [0.4, 0.5) is 0 Å². The summed E-state index contributed by atoms with van der Waals surface area (Å²) in [5.74, 6) is 0.903. The number of hydrogen-bond acceptors (Lipinski definition) is 2. The van der Waals surface area contributed by atoms with E-state index < -0.39 is 0 Å². The van der Waals surface area contributed by atoms with E-state index in [0.717, 1.165) is 12.3 Å². The lowest BCUT2D eigenvalue weighted by atomic mass is 9.83. The molecule has 0 aromatic rings. The minimum atomic E-state index is 0.139. The summed E-state index contributed by atoms with van der Waals surface area (Å²) in [6, 6.07) is 0.842. The van der Waals surface area contributed by atoms with Crippen LogP contribution in [0.3, 0.4) is 0 Å². The van der Waals surface area contributed by atoms with Crippen molar-refractivity contribution in [2.24, 2.45) is 5.92 Å². The van der Waals surface area contributed by atoms with Gasteiger partial charge in [0.2, 0.25) is 5.91 Å². The topological polar surface area (TPSA) is 41.1 Å². The second kappa shape index (κ2) is 7.70. The molecule has 0 aliphatic heterocycles. The Hall–Kier alpha value is -0.570. The van der Waals surface area contributed by atoms with E-state index in [9.17, 15) is 4.79 Å². The molecule has 0 aromatic carbocycles. The van der Waals surface area contributed by atoms with Crippen LogP contribution in [0.1, 0.15) is 59.3 Å². The van der Waals surface area contributed by atoms with Crippen LogP contribution in [-0.4, -0.2) is 24.5 Å². The second-order valence-corrected chi connectivity index (χ2v) is 5.32. The fourth-order valence-electron chi connectivity index (χ4n) is 2.62. The summed E-state index contributed by atoms with van der Waals surface area (Å²) in [7, 11) is 0. The Morgan fingerprint density at radius 1 is 1.29 bits per heavy atom. The van der Waals surface area contributed by atoms with Crippen molar-refractivity contribution in [2.45, 2.75) is 71.4 Å². The highest BCUT2D eigenvalue weighted by Gasteiger charge is 2.23. The minimum absolute atomic E-state index is 0.139. The summed E-state index contributed by atoms with van der Waals surface area (Å²) in [5, 5.41) is 6.44. The molecule has 0 saturated heterocycles. The first-order chi connectivity index (χ1) is 8.17. The SMILES string of the molecule is CCC(C)NC(=O)CNC1CCCCC1CC. The molecule has 1 saturated carbocycles. The van der Waals surface area contributed by atoms with Gasteiger partial charge in [0.1, 0.15) is 0 Å². The summed E-state index contributed by atoms with van der Waals surface area (Å²) in [5.41, 5.74) is 0. The van der Waals surface area contributed by atoms with Gasteiger partial charge in [0.15, 0.2) is 0 Å². The zero-order valence-corrected chi connectivity index (χ0v) is 11.6. The number of rotatable bonds is 6. The summed E-state index contributed by atoms with van der Waals surface area (Å²) in [6.45, 7) is 6.87. The molecule has 3 unspecified atom stereocenters.